The second-order valence-electron chi connectivity index (χ2n) is 4.22. The van der Waals surface area contributed by atoms with Crippen LogP contribution in [0.1, 0.15) is 18.9 Å². The number of carbonyl (C=O) groups excluding carboxylic acids is 1. The minimum Gasteiger partial charge on any atom is -0.384 e. The van der Waals surface area contributed by atoms with Crippen molar-refractivity contribution in [3.8, 4) is 0 Å². The van der Waals surface area contributed by atoms with Crippen LogP contribution < -0.4 is 0 Å². The van der Waals surface area contributed by atoms with E-state index in [0.29, 0.717) is 23.6 Å². The summed E-state index contributed by atoms with van der Waals surface area (Å²) in [6, 6.07) is 4.37. The average molecular weight is 259 g/mol. The van der Waals surface area contributed by atoms with Gasteiger partial charge in [0.2, 0.25) is 0 Å². The highest BCUT2D eigenvalue weighted by atomic mass is 35.5. The Morgan fingerprint density at radius 2 is 2.24 bits per heavy atom. The Labute approximate surface area is 106 Å². The molecule has 1 atom stereocenters. The first-order valence-corrected chi connectivity index (χ1v) is 5.85. The van der Waals surface area contributed by atoms with Gasteiger partial charge in [-0.15, -0.1) is 0 Å². The highest BCUT2D eigenvalue weighted by Crippen LogP contribution is 2.16. The molecular formula is C13H16ClFO2. The molecule has 0 aliphatic heterocycles. The number of ketones is 1. The number of hydrogen-bond acceptors (Lipinski definition) is 2. The van der Waals surface area contributed by atoms with Gasteiger partial charge in [-0.3, -0.25) is 4.79 Å². The predicted octanol–water partition coefficient (Wildman–Crippen LogP) is 3.26. The van der Waals surface area contributed by atoms with Crippen LogP contribution in [0.5, 0.6) is 0 Å². The molecule has 0 spiro atoms. The van der Waals surface area contributed by atoms with Crippen molar-refractivity contribution in [2.75, 3.05) is 13.7 Å². The standard InChI is InChI=1S/C13H16ClFO2/c1-9(8-17-2)5-12(16)6-10-3-4-11(14)7-13(10)15/h3-4,7,9H,5-6,8H2,1-2H3. The minimum atomic E-state index is -0.426. The van der Waals surface area contributed by atoms with Crippen molar-refractivity contribution in [2.24, 2.45) is 5.92 Å². The molecule has 0 aliphatic rings. The zero-order chi connectivity index (χ0) is 12.8. The molecule has 0 aliphatic carbocycles. The maximum absolute atomic E-state index is 13.4. The molecule has 1 aromatic carbocycles. The monoisotopic (exact) mass is 258 g/mol. The molecule has 94 valence electrons. The molecule has 1 rings (SSSR count). The van der Waals surface area contributed by atoms with Gasteiger partial charge in [0.05, 0.1) is 0 Å². The number of Topliss-reactive ketones (excluding diaryl/α,β-unsaturated/α-hetero) is 1. The summed E-state index contributed by atoms with van der Waals surface area (Å²) in [5.74, 6) is -0.260. The normalized spacial score (nSPS) is 12.5. The Morgan fingerprint density at radius 3 is 2.82 bits per heavy atom. The molecule has 17 heavy (non-hydrogen) atoms. The third kappa shape index (κ3) is 4.84. The number of carbonyl (C=O) groups is 1. The highest BCUT2D eigenvalue weighted by molar-refractivity contribution is 6.30. The molecule has 0 amide bonds. The van der Waals surface area contributed by atoms with E-state index < -0.39 is 5.82 Å². The van der Waals surface area contributed by atoms with Gasteiger partial charge in [0.15, 0.2) is 0 Å². The van der Waals surface area contributed by atoms with Crippen LogP contribution >= 0.6 is 11.6 Å². The first-order valence-electron chi connectivity index (χ1n) is 5.47. The van der Waals surface area contributed by atoms with Crippen molar-refractivity contribution in [2.45, 2.75) is 19.8 Å². The SMILES string of the molecule is COCC(C)CC(=O)Cc1ccc(Cl)cc1F. The van der Waals surface area contributed by atoms with Gasteiger partial charge in [-0.1, -0.05) is 24.6 Å². The van der Waals surface area contributed by atoms with E-state index >= 15 is 0 Å². The lowest BCUT2D eigenvalue weighted by Crippen LogP contribution is -2.13. The van der Waals surface area contributed by atoms with E-state index in [9.17, 15) is 9.18 Å². The summed E-state index contributed by atoms with van der Waals surface area (Å²) in [5.41, 5.74) is 0.393. The van der Waals surface area contributed by atoms with Crippen molar-refractivity contribution >= 4 is 17.4 Å². The number of benzene rings is 1. The Kier molecular flexibility index (Phi) is 5.59. The van der Waals surface area contributed by atoms with E-state index in [4.69, 9.17) is 16.3 Å². The summed E-state index contributed by atoms with van der Waals surface area (Å²) in [7, 11) is 1.60. The van der Waals surface area contributed by atoms with E-state index in [1.165, 1.54) is 6.07 Å². The fraction of sp³-hybridized carbons (Fsp3) is 0.462. The van der Waals surface area contributed by atoms with E-state index in [1.807, 2.05) is 6.92 Å². The summed E-state index contributed by atoms with van der Waals surface area (Å²) in [4.78, 5) is 11.7. The molecule has 1 aromatic rings. The average Bonchev–Trinajstić information content (AvgIpc) is 2.22. The molecule has 2 nitrogen and oxygen atoms in total. The molecule has 0 saturated carbocycles. The summed E-state index contributed by atoms with van der Waals surface area (Å²) < 4.78 is 18.4. The Balaban J connectivity index is 2.56. The number of methoxy groups -OCH3 is 1. The maximum atomic E-state index is 13.4. The largest absolute Gasteiger partial charge is 0.384 e. The molecule has 0 radical (unpaired) electrons. The summed E-state index contributed by atoms with van der Waals surface area (Å²) >= 11 is 5.64. The van der Waals surface area contributed by atoms with Crippen molar-refractivity contribution in [3.63, 3.8) is 0 Å². The molecule has 0 aromatic heterocycles. The van der Waals surface area contributed by atoms with E-state index in [2.05, 4.69) is 0 Å². The van der Waals surface area contributed by atoms with E-state index in [-0.39, 0.29) is 18.1 Å². The minimum absolute atomic E-state index is 0.00997. The highest BCUT2D eigenvalue weighted by Gasteiger charge is 2.12. The zero-order valence-electron chi connectivity index (χ0n) is 10.0. The fourth-order valence-electron chi connectivity index (χ4n) is 1.68. The third-order valence-corrected chi connectivity index (χ3v) is 2.67. The van der Waals surface area contributed by atoms with Gasteiger partial charge in [0.25, 0.3) is 0 Å². The van der Waals surface area contributed by atoms with Crippen LogP contribution in [0.3, 0.4) is 0 Å². The van der Waals surface area contributed by atoms with Crippen LogP contribution in [0, 0.1) is 11.7 Å². The van der Waals surface area contributed by atoms with Gasteiger partial charge in [-0.2, -0.15) is 0 Å². The number of hydrogen-bond donors (Lipinski definition) is 0. The summed E-state index contributed by atoms with van der Waals surface area (Å²) in [6.45, 7) is 2.47. The second kappa shape index (κ2) is 6.72. The van der Waals surface area contributed by atoms with Crippen LogP contribution in [0.25, 0.3) is 0 Å². The molecule has 0 saturated heterocycles. The van der Waals surface area contributed by atoms with Crippen LogP contribution in [-0.4, -0.2) is 19.5 Å². The topological polar surface area (TPSA) is 26.3 Å². The Hall–Kier alpha value is -0.930. The van der Waals surface area contributed by atoms with Crippen LogP contribution in [0.2, 0.25) is 5.02 Å². The van der Waals surface area contributed by atoms with Crippen LogP contribution in [-0.2, 0) is 16.0 Å². The zero-order valence-corrected chi connectivity index (χ0v) is 10.8. The quantitative estimate of drug-likeness (QED) is 0.783. The smallest absolute Gasteiger partial charge is 0.137 e. The molecule has 0 N–H and O–H groups in total. The van der Waals surface area contributed by atoms with Gasteiger partial charge < -0.3 is 4.74 Å². The Bertz CT molecular complexity index is 393. The molecule has 0 heterocycles. The maximum Gasteiger partial charge on any atom is 0.137 e. The van der Waals surface area contributed by atoms with Crippen molar-refractivity contribution in [1.82, 2.24) is 0 Å². The van der Waals surface area contributed by atoms with E-state index in [1.54, 1.807) is 19.2 Å². The third-order valence-electron chi connectivity index (χ3n) is 2.43. The van der Waals surface area contributed by atoms with Crippen LogP contribution in [0.15, 0.2) is 18.2 Å². The molecular weight excluding hydrogens is 243 g/mol. The summed E-state index contributed by atoms with van der Waals surface area (Å²) in [6.07, 6.45) is 0.507. The first-order chi connectivity index (χ1) is 8.02. The number of rotatable bonds is 6. The van der Waals surface area contributed by atoms with Crippen molar-refractivity contribution in [3.05, 3.63) is 34.6 Å². The second-order valence-corrected chi connectivity index (χ2v) is 4.65. The Morgan fingerprint density at radius 1 is 1.53 bits per heavy atom. The van der Waals surface area contributed by atoms with Gasteiger partial charge in [-0.05, 0) is 23.6 Å². The molecule has 0 bridgehead atoms. The predicted molar refractivity (Wildman–Crippen MR) is 65.8 cm³/mol. The first kappa shape index (κ1) is 14.1. The van der Waals surface area contributed by atoms with Gasteiger partial charge in [0.1, 0.15) is 11.6 Å². The van der Waals surface area contributed by atoms with Crippen molar-refractivity contribution < 1.29 is 13.9 Å². The van der Waals surface area contributed by atoms with Gasteiger partial charge in [-0.25, -0.2) is 4.39 Å². The van der Waals surface area contributed by atoms with Gasteiger partial charge >= 0.3 is 0 Å². The lowest BCUT2D eigenvalue weighted by molar-refractivity contribution is -0.119. The summed E-state index contributed by atoms with van der Waals surface area (Å²) in [5, 5.41) is 0.339. The molecule has 0 fully saturated rings. The molecule has 1 unspecified atom stereocenters. The van der Waals surface area contributed by atoms with Crippen LogP contribution in [0.4, 0.5) is 4.39 Å². The fourth-order valence-corrected chi connectivity index (χ4v) is 1.84. The number of halogens is 2. The number of ether oxygens (including phenoxy) is 1. The lowest BCUT2D eigenvalue weighted by Gasteiger charge is -2.09. The van der Waals surface area contributed by atoms with E-state index in [0.717, 1.165) is 0 Å². The lowest BCUT2D eigenvalue weighted by atomic mass is 10.00. The molecule has 4 heteroatoms. The van der Waals surface area contributed by atoms with Gasteiger partial charge in [0, 0.05) is 31.6 Å². The van der Waals surface area contributed by atoms with Crippen molar-refractivity contribution in [1.29, 1.82) is 0 Å².